The monoisotopic (exact) mass is 407 g/mol. The molecule has 0 saturated carbocycles. The molecule has 3 rings (SSSR count). The van der Waals surface area contributed by atoms with Gasteiger partial charge in [-0.3, -0.25) is 14.5 Å². The zero-order chi connectivity index (χ0) is 20.5. The van der Waals surface area contributed by atoms with Crippen molar-refractivity contribution in [2.75, 3.05) is 6.54 Å². The van der Waals surface area contributed by atoms with Gasteiger partial charge in [0.1, 0.15) is 0 Å². The van der Waals surface area contributed by atoms with E-state index in [9.17, 15) is 9.59 Å². The third-order valence-corrected chi connectivity index (χ3v) is 7.93. The summed E-state index contributed by atoms with van der Waals surface area (Å²) in [4.78, 5) is 26.1. The Labute approximate surface area is 177 Å². The molecule has 0 bridgehead atoms. The second-order valence-corrected chi connectivity index (χ2v) is 11.0. The van der Waals surface area contributed by atoms with Gasteiger partial charge in [-0.1, -0.05) is 99.5 Å². The fourth-order valence-electron chi connectivity index (χ4n) is 4.21. The van der Waals surface area contributed by atoms with Gasteiger partial charge in [-0.05, 0) is 24.1 Å². The minimum Gasteiger partial charge on any atom is -0.274 e. The van der Waals surface area contributed by atoms with Crippen molar-refractivity contribution in [3.8, 4) is 0 Å². The van der Waals surface area contributed by atoms with Crippen LogP contribution in [0.3, 0.4) is 0 Å². The Morgan fingerprint density at radius 2 is 1.24 bits per heavy atom. The predicted octanol–water partition coefficient (Wildman–Crippen LogP) is 4.71. The normalized spacial score (nSPS) is 14.7. The first kappa shape index (κ1) is 21.5. The molecule has 1 heterocycles. The molecule has 1 unspecified atom stereocenters. The molecule has 4 heteroatoms. The highest BCUT2D eigenvalue weighted by atomic mass is 28.2. The second-order valence-electron chi connectivity index (χ2n) is 8.37. The average molecular weight is 408 g/mol. The van der Waals surface area contributed by atoms with Crippen LogP contribution in [-0.4, -0.2) is 32.8 Å². The molecule has 1 aliphatic heterocycles. The van der Waals surface area contributed by atoms with E-state index < -0.39 is 0 Å². The molecule has 0 saturated heterocycles. The van der Waals surface area contributed by atoms with Gasteiger partial charge in [0.2, 0.25) is 0 Å². The largest absolute Gasteiger partial charge is 0.274 e. The highest BCUT2D eigenvalue weighted by Crippen LogP contribution is 2.23. The van der Waals surface area contributed by atoms with E-state index in [0.717, 1.165) is 18.4 Å². The van der Waals surface area contributed by atoms with E-state index in [-0.39, 0.29) is 21.3 Å². The van der Waals surface area contributed by atoms with E-state index in [0.29, 0.717) is 17.7 Å². The molecule has 1 atom stereocenters. The lowest BCUT2D eigenvalue weighted by molar-refractivity contribution is 0.0651. The van der Waals surface area contributed by atoms with Crippen LogP contribution in [0, 0.1) is 0 Å². The van der Waals surface area contributed by atoms with Gasteiger partial charge < -0.3 is 0 Å². The number of amides is 2. The third-order valence-electron chi connectivity index (χ3n) is 5.88. The molecule has 0 spiro atoms. The number of fused-ring (bicyclic) bond motifs is 1. The molecule has 1 aliphatic rings. The molecule has 2 amide bonds. The van der Waals surface area contributed by atoms with E-state index >= 15 is 0 Å². The fraction of sp³-hybridized carbons (Fsp3) is 0.440. The van der Waals surface area contributed by atoms with E-state index in [2.05, 4.69) is 37.3 Å². The number of hydrogen-bond acceptors (Lipinski definition) is 2. The molecule has 2 aromatic carbocycles. The Bertz CT molecular complexity index is 770. The van der Waals surface area contributed by atoms with Crippen molar-refractivity contribution in [2.45, 2.75) is 63.8 Å². The Balaban J connectivity index is 1.21. The van der Waals surface area contributed by atoms with Gasteiger partial charge in [0.05, 0.1) is 20.6 Å². The molecule has 29 heavy (non-hydrogen) atoms. The van der Waals surface area contributed by atoms with Gasteiger partial charge in [-0.25, -0.2) is 0 Å². The first-order chi connectivity index (χ1) is 14.2. The Morgan fingerprint density at radius 3 is 1.86 bits per heavy atom. The van der Waals surface area contributed by atoms with E-state index in [1.54, 1.807) is 17.3 Å². The number of benzene rings is 2. The van der Waals surface area contributed by atoms with Crippen LogP contribution in [0.25, 0.3) is 0 Å². The lowest BCUT2D eigenvalue weighted by atomic mass is 10.1. The minimum atomic E-state index is -0.133. The van der Waals surface area contributed by atoms with Crippen molar-refractivity contribution >= 4 is 26.5 Å². The van der Waals surface area contributed by atoms with E-state index in [4.69, 9.17) is 0 Å². The van der Waals surface area contributed by atoms with Crippen LogP contribution in [0.2, 0.25) is 5.54 Å². The van der Waals surface area contributed by atoms with Crippen molar-refractivity contribution in [1.29, 1.82) is 0 Å². The molecular formula is C25H33NO2Si. The Hall–Kier alpha value is -2.20. The van der Waals surface area contributed by atoms with Crippen molar-refractivity contribution in [1.82, 2.24) is 4.90 Å². The third kappa shape index (κ3) is 6.14. The van der Waals surface area contributed by atoms with Crippen LogP contribution < -0.4 is 5.19 Å². The molecular weight excluding hydrogens is 374 g/mol. The fourth-order valence-corrected chi connectivity index (χ4v) is 6.05. The summed E-state index contributed by atoms with van der Waals surface area (Å²) in [5.74, 6) is -0.252. The molecule has 0 fully saturated rings. The molecule has 2 aromatic rings. The van der Waals surface area contributed by atoms with Crippen LogP contribution in [0.15, 0.2) is 54.6 Å². The topological polar surface area (TPSA) is 37.4 Å². The average Bonchev–Trinajstić information content (AvgIpc) is 2.98. The van der Waals surface area contributed by atoms with Gasteiger partial charge in [-0.15, -0.1) is 0 Å². The molecule has 0 radical (unpaired) electrons. The lowest BCUT2D eigenvalue weighted by Gasteiger charge is -2.13. The number of unbranched alkanes of at least 4 members (excludes halogenated alkanes) is 6. The maximum atomic E-state index is 12.3. The summed E-state index contributed by atoms with van der Waals surface area (Å²) in [5.41, 5.74) is 2.00. The Kier molecular flexibility index (Phi) is 8.23. The van der Waals surface area contributed by atoms with Crippen LogP contribution in [-0.2, 0) is 0 Å². The predicted molar refractivity (Wildman–Crippen MR) is 123 cm³/mol. The number of imide groups is 1. The van der Waals surface area contributed by atoms with E-state index in [1.807, 2.05) is 12.1 Å². The first-order valence-electron chi connectivity index (χ1n) is 11.2. The summed E-state index contributed by atoms with van der Waals surface area (Å²) in [7, 11) is -0.133. The van der Waals surface area contributed by atoms with Crippen LogP contribution in [0.4, 0.5) is 0 Å². The number of nitrogens with zero attached hydrogens (tertiary/aromatic N) is 1. The molecule has 0 aromatic heterocycles. The number of rotatable bonds is 12. The number of carbonyl (C=O) groups is 2. The number of hydrogen-bond donors (Lipinski definition) is 0. The maximum absolute atomic E-state index is 12.3. The summed E-state index contributed by atoms with van der Waals surface area (Å²) in [6, 6.07) is 18.1. The quantitative estimate of drug-likeness (QED) is 0.290. The highest BCUT2D eigenvalue weighted by molar-refractivity contribution is 6.54. The van der Waals surface area contributed by atoms with Gasteiger partial charge in [0.15, 0.2) is 0 Å². The van der Waals surface area contributed by atoms with Crippen LogP contribution in [0.1, 0.15) is 79.0 Å². The van der Waals surface area contributed by atoms with Gasteiger partial charge in [-0.2, -0.15) is 0 Å². The van der Waals surface area contributed by atoms with Crippen molar-refractivity contribution in [3.63, 3.8) is 0 Å². The van der Waals surface area contributed by atoms with Gasteiger partial charge in [0, 0.05) is 6.54 Å². The molecule has 0 N–H and O–H groups in total. The maximum Gasteiger partial charge on any atom is 0.261 e. The summed E-state index contributed by atoms with van der Waals surface area (Å²) >= 11 is 0. The summed E-state index contributed by atoms with van der Waals surface area (Å²) in [5, 5.41) is 1.58. The van der Waals surface area contributed by atoms with Crippen molar-refractivity contribution in [2.24, 2.45) is 0 Å². The molecule has 0 aliphatic carbocycles. The van der Waals surface area contributed by atoms with Gasteiger partial charge >= 0.3 is 0 Å². The molecule has 154 valence electrons. The summed E-state index contributed by atoms with van der Waals surface area (Å²) in [6.07, 6.45) is 9.77. The van der Waals surface area contributed by atoms with Crippen LogP contribution in [0.5, 0.6) is 0 Å². The van der Waals surface area contributed by atoms with Crippen molar-refractivity contribution < 1.29 is 9.59 Å². The van der Waals surface area contributed by atoms with Crippen molar-refractivity contribution in [3.05, 3.63) is 65.7 Å². The second kappa shape index (κ2) is 11.1. The Morgan fingerprint density at radius 1 is 0.724 bits per heavy atom. The lowest BCUT2D eigenvalue weighted by Crippen LogP contribution is -2.30. The smallest absolute Gasteiger partial charge is 0.261 e. The van der Waals surface area contributed by atoms with Crippen LogP contribution >= 0.6 is 0 Å². The number of carbonyl (C=O) groups excluding carboxylic acids is 2. The standard InChI is InChI=1S/C25H33NO2Si/c1-20(29-21-15-9-7-10-16-21)14-8-5-3-2-4-6-13-19-26-24(27)22-17-11-12-18-23(22)25(26)28/h7,9-12,15-18,20H,2-6,8,13-14,19,29H2,1H3. The molecule has 3 nitrogen and oxygen atoms in total. The summed E-state index contributed by atoms with van der Waals surface area (Å²) in [6.45, 7) is 2.96. The van der Waals surface area contributed by atoms with E-state index in [1.165, 1.54) is 43.4 Å². The first-order valence-corrected chi connectivity index (χ1v) is 12.7. The zero-order valence-electron chi connectivity index (χ0n) is 17.6. The van der Waals surface area contributed by atoms with Gasteiger partial charge in [0.25, 0.3) is 11.8 Å². The SMILES string of the molecule is CC(CCCCCCCCCN1C(=O)c2ccccc2C1=O)[SiH2]c1ccccc1. The summed E-state index contributed by atoms with van der Waals surface area (Å²) < 4.78 is 0. The zero-order valence-corrected chi connectivity index (χ0v) is 19.0. The highest BCUT2D eigenvalue weighted by Gasteiger charge is 2.34. The minimum absolute atomic E-state index is 0.126.